The van der Waals surface area contributed by atoms with Crippen LogP contribution < -0.4 is 0 Å². The van der Waals surface area contributed by atoms with Crippen LogP contribution in [-0.2, 0) is 6.42 Å². The van der Waals surface area contributed by atoms with Gasteiger partial charge in [0.1, 0.15) is 0 Å². The molecule has 0 saturated carbocycles. The Morgan fingerprint density at radius 1 is 1.44 bits per heavy atom. The van der Waals surface area contributed by atoms with Crippen LogP contribution in [-0.4, -0.2) is 44.0 Å². The van der Waals surface area contributed by atoms with Crippen molar-refractivity contribution in [1.29, 1.82) is 0 Å². The average molecular weight is 281 g/mol. The van der Waals surface area contributed by atoms with Gasteiger partial charge in [0, 0.05) is 0 Å². The number of pyridine rings is 1. The van der Waals surface area contributed by atoms with Crippen molar-refractivity contribution in [3.63, 3.8) is 0 Å². The van der Waals surface area contributed by atoms with Crippen molar-refractivity contribution in [2.45, 2.75) is 26.3 Å². The molecule has 0 aliphatic rings. The first kappa shape index (κ1) is 11.8. The molecule has 3 heteroatoms. The fourth-order valence-corrected chi connectivity index (χ4v) is 3.65. The van der Waals surface area contributed by atoms with E-state index in [1.54, 1.807) is 0 Å². The Labute approximate surface area is 103 Å². The third kappa shape index (κ3) is 2.54. The van der Waals surface area contributed by atoms with Crippen molar-refractivity contribution >= 4 is 24.3 Å². The van der Waals surface area contributed by atoms with Crippen LogP contribution >= 0.6 is 0 Å². The van der Waals surface area contributed by atoms with E-state index in [1.165, 1.54) is 15.3 Å². The summed E-state index contributed by atoms with van der Waals surface area (Å²) in [6.07, 6.45) is 3.03. The molecule has 2 rings (SSSR count). The van der Waals surface area contributed by atoms with Crippen molar-refractivity contribution in [2.24, 2.45) is 0 Å². The van der Waals surface area contributed by atoms with Gasteiger partial charge in [-0.15, -0.1) is 0 Å². The maximum atomic E-state index is 4.49. The van der Waals surface area contributed by atoms with E-state index in [1.807, 2.05) is 12.3 Å². The van der Waals surface area contributed by atoms with E-state index in [9.17, 15) is 0 Å². The van der Waals surface area contributed by atoms with E-state index >= 15 is 0 Å². The van der Waals surface area contributed by atoms with Crippen molar-refractivity contribution in [2.75, 3.05) is 13.6 Å². The summed E-state index contributed by atoms with van der Waals surface area (Å²) < 4.78 is 1.44. The molecule has 0 atom stereocenters. The molecular weight excluding hydrogens is 263 g/mol. The monoisotopic (exact) mass is 282 g/mol. The van der Waals surface area contributed by atoms with Crippen LogP contribution in [0.2, 0.25) is 0 Å². The van der Waals surface area contributed by atoms with Crippen LogP contribution in [0.15, 0.2) is 23.3 Å². The van der Waals surface area contributed by atoms with Crippen LogP contribution in [0.25, 0.3) is 9.78 Å². The molecule has 0 amide bonds. The van der Waals surface area contributed by atoms with Crippen LogP contribution in [0.4, 0.5) is 0 Å². The first-order chi connectivity index (χ1) is 7.68. The molecular formula is C13H18N2Se. The summed E-state index contributed by atoms with van der Waals surface area (Å²) in [5, 5.41) is 0. The molecule has 0 bridgehead atoms. The molecule has 86 valence electrons. The summed E-state index contributed by atoms with van der Waals surface area (Å²) >= 11 is 0.509. The molecule has 2 nitrogen and oxygen atoms in total. The molecule has 16 heavy (non-hydrogen) atoms. The van der Waals surface area contributed by atoms with Crippen molar-refractivity contribution in [1.82, 2.24) is 9.88 Å². The third-order valence-electron chi connectivity index (χ3n) is 3.02. The zero-order valence-electron chi connectivity index (χ0n) is 10.1. The van der Waals surface area contributed by atoms with E-state index in [0.717, 1.165) is 13.0 Å². The standard InChI is InChI=1S/C13H18N2Se/c1-10(2)15(3)8-6-11-9-16-12-5-4-7-14-13(11)12/h4-5,7,9-10H,6,8H2,1-3H3. The SMILES string of the molecule is CC(C)N(C)CCc1c[se]c2cccnc12. The Bertz CT molecular complexity index is 462. The van der Waals surface area contributed by atoms with E-state index in [4.69, 9.17) is 0 Å². The quantitative estimate of drug-likeness (QED) is 0.799. The summed E-state index contributed by atoms with van der Waals surface area (Å²) in [7, 11) is 2.19. The first-order valence-corrected chi connectivity index (χ1v) is 7.54. The molecule has 0 aromatic carbocycles. The van der Waals surface area contributed by atoms with Crippen LogP contribution in [0.3, 0.4) is 0 Å². The third-order valence-corrected chi connectivity index (χ3v) is 5.09. The summed E-state index contributed by atoms with van der Waals surface area (Å²) in [5.41, 5.74) is 2.70. The molecule has 2 aromatic rings. The first-order valence-electron chi connectivity index (χ1n) is 5.70. The number of hydrogen-bond donors (Lipinski definition) is 0. The van der Waals surface area contributed by atoms with Crippen molar-refractivity contribution < 1.29 is 0 Å². The summed E-state index contributed by atoms with van der Waals surface area (Å²) in [6, 6.07) is 4.87. The number of rotatable bonds is 4. The molecule has 2 heterocycles. The van der Waals surface area contributed by atoms with Gasteiger partial charge in [-0.1, -0.05) is 0 Å². The van der Waals surface area contributed by atoms with Gasteiger partial charge in [-0.3, -0.25) is 0 Å². The molecule has 0 spiro atoms. The Morgan fingerprint density at radius 3 is 3.00 bits per heavy atom. The molecule has 2 aromatic heterocycles. The number of nitrogens with zero attached hydrogens (tertiary/aromatic N) is 2. The second-order valence-corrected chi connectivity index (χ2v) is 6.35. The Balaban J connectivity index is 2.10. The minimum absolute atomic E-state index is 0.509. The number of likely N-dealkylation sites (N-methyl/N-ethyl adjacent to an activating group) is 1. The van der Waals surface area contributed by atoms with E-state index in [2.05, 4.69) is 41.8 Å². The van der Waals surface area contributed by atoms with E-state index in [0.29, 0.717) is 20.5 Å². The van der Waals surface area contributed by atoms with Gasteiger partial charge < -0.3 is 0 Å². The topological polar surface area (TPSA) is 16.1 Å². The minimum atomic E-state index is 0.509. The van der Waals surface area contributed by atoms with Crippen LogP contribution in [0, 0.1) is 0 Å². The van der Waals surface area contributed by atoms with Gasteiger partial charge in [0.05, 0.1) is 0 Å². The van der Waals surface area contributed by atoms with Crippen LogP contribution in [0.1, 0.15) is 19.4 Å². The number of fused-ring (bicyclic) bond motifs is 1. The number of aromatic nitrogens is 1. The second kappa shape index (κ2) is 5.13. The Morgan fingerprint density at radius 2 is 2.25 bits per heavy atom. The zero-order valence-corrected chi connectivity index (χ0v) is 11.8. The van der Waals surface area contributed by atoms with Gasteiger partial charge in [-0.05, 0) is 0 Å². The van der Waals surface area contributed by atoms with Crippen molar-refractivity contribution in [3.05, 3.63) is 28.8 Å². The maximum absolute atomic E-state index is 4.49. The average Bonchev–Trinajstić information content (AvgIpc) is 2.69. The zero-order chi connectivity index (χ0) is 11.5. The fourth-order valence-electron chi connectivity index (χ4n) is 1.65. The molecule has 0 N–H and O–H groups in total. The van der Waals surface area contributed by atoms with Gasteiger partial charge in [0.25, 0.3) is 0 Å². The van der Waals surface area contributed by atoms with Gasteiger partial charge in [0.15, 0.2) is 0 Å². The van der Waals surface area contributed by atoms with Crippen LogP contribution in [0.5, 0.6) is 0 Å². The molecule has 0 fully saturated rings. The van der Waals surface area contributed by atoms with Crippen molar-refractivity contribution in [3.8, 4) is 0 Å². The second-order valence-electron chi connectivity index (χ2n) is 4.44. The van der Waals surface area contributed by atoms with Gasteiger partial charge >= 0.3 is 103 Å². The summed E-state index contributed by atoms with van der Waals surface area (Å²) in [4.78, 5) is 9.26. The summed E-state index contributed by atoms with van der Waals surface area (Å²) in [6.45, 7) is 5.59. The van der Waals surface area contributed by atoms with Gasteiger partial charge in [-0.2, -0.15) is 0 Å². The predicted molar refractivity (Wildman–Crippen MR) is 70.2 cm³/mol. The molecule has 0 radical (unpaired) electrons. The fraction of sp³-hybridized carbons (Fsp3) is 0.462. The summed E-state index contributed by atoms with van der Waals surface area (Å²) in [5.74, 6) is 0. The Kier molecular flexibility index (Phi) is 3.80. The molecule has 0 saturated heterocycles. The normalized spacial score (nSPS) is 11.8. The van der Waals surface area contributed by atoms with E-state index < -0.39 is 0 Å². The Hall–Kier alpha value is -0.631. The molecule has 0 aliphatic heterocycles. The van der Waals surface area contributed by atoms with Gasteiger partial charge in [0.2, 0.25) is 0 Å². The predicted octanol–water partition coefficient (Wildman–Crippen LogP) is 2.17. The van der Waals surface area contributed by atoms with E-state index in [-0.39, 0.29) is 0 Å². The van der Waals surface area contributed by atoms with Gasteiger partial charge in [-0.25, -0.2) is 0 Å². The molecule has 0 aliphatic carbocycles. The number of hydrogen-bond acceptors (Lipinski definition) is 2. The molecule has 0 unspecified atom stereocenters.